The molecule has 0 fully saturated rings. The molecule has 4 heteroatoms. The molecule has 0 aliphatic rings. The van der Waals surface area contributed by atoms with Crippen molar-refractivity contribution in [3.8, 4) is 17.0 Å². The number of ether oxygens (including phenoxy) is 1. The number of halogens is 1. The summed E-state index contributed by atoms with van der Waals surface area (Å²) in [5.74, 6) is 1.69. The van der Waals surface area contributed by atoms with Gasteiger partial charge in [0.2, 0.25) is 0 Å². The third-order valence-corrected chi connectivity index (χ3v) is 6.19. The molecule has 0 unspecified atom stereocenters. The van der Waals surface area contributed by atoms with Gasteiger partial charge in [0.05, 0.1) is 12.8 Å². The molecule has 2 nitrogen and oxygen atoms in total. The second-order valence-electron chi connectivity index (χ2n) is 6.62. The SMILES string of the molecule is COc1cc(Cl)c(C)cc1-c1nccc2cc(SCc3ccccc3)ccc12. The molecule has 0 radical (unpaired) electrons. The molecule has 0 spiro atoms. The summed E-state index contributed by atoms with van der Waals surface area (Å²) in [6, 6.07) is 23.0. The first-order valence-electron chi connectivity index (χ1n) is 9.05. The molecule has 3 aromatic carbocycles. The van der Waals surface area contributed by atoms with E-state index in [4.69, 9.17) is 16.3 Å². The van der Waals surface area contributed by atoms with Crippen LogP contribution in [0.5, 0.6) is 5.75 Å². The van der Waals surface area contributed by atoms with Crippen molar-refractivity contribution in [3.05, 3.63) is 89.1 Å². The van der Waals surface area contributed by atoms with Crippen LogP contribution in [0.2, 0.25) is 5.02 Å². The molecule has 0 amide bonds. The maximum atomic E-state index is 6.27. The minimum atomic E-state index is 0.695. The van der Waals surface area contributed by atoms with Crippen LogP contribution in [0.1, 0.15) is 11.1 Å². The molecule has 0 aliphatic heterocycles. The number of aromatic nitrogens is 1. The molecule has 1 heterocycles. The Balaban J connectivity index is 1.71. The minimum absolute atomic E-state index is 0.695. The van der Waals surface area contributed by atoms with Gasteiger partial charge in [-0.15, -0.1) is 11.8 Å². The zero-order valence-electron chi connectivity index (χ0n) is 15.8. The summed E-state index contributed by atoms with van der Waals surface area (Å²) < 4.78 is 5.57. The molecule has 0 N–H and O–H groups in total. The van der Waals surface area contributed by atoms with Gasteiger partial charge in [0.15, 0.2) is 0 Å². The molecular weight excluding hydrogens is 386 g/mol. The Hall–Kier alpha value is -2.49. The largest absolute Gasteiger partial charge is 0.496 e. The molecule has 4 aromatic rings. The second kappa shape index (κ2) is 8.26. The first-order valence-corrected chi connectivity index (χ1v) is 10.4. The molecule has 140 valence electrons. The third kappa shape index (κ3) is 3.87. The van der Waals surface area contributed by atoms with Crippen molar-refractivity contribution in [2.75, 3.05) is 7.11 Å². The number of aryl methyl sites for hydroxylation is 1. The van der Waals surface area contributed by atoms with Crippen molar-refractivity contribution in [2.45, 2.75) is 17.6 Å². The van der Waals surface area contributed by atoms with Crippen molar-refractivity contribution in [1.82, 2.24) is 4.98 Å². The van der Waals surface area contributed by atoms with Gasteiger partial charge >= 0.3 is 0 Å². The Morgan fingerprint density at radius 1 is 1.00 bits per heavy atom. The predicted octanol–water partition coefficient (Wildman–Crippen LogP) is 7.16. The zero-order valence-corrected chi connectivity index (χ0v) is 17.3. The Labute approximate surface area is 174 Å². The van der Waals surface area contributed by atoms with Crippen molar-refractivity contribution < 1.29 is 4.74 Å². The van der Waals surface area contributed by atoms with Crippen molar-refractivity contribution >= 4 is 34.1 Å². The molecular formula is C24H20ClNOS. The number of nitrogens with zero attached hydrogens (tertiary/aromatic N) is 1. The van der Waals surface area contributed by atoms with Gasteiger partial charge in [0.25, 0.3) is 0 Å². The molecule has 0 atom stereocenters. The van der Waals surface area contributed by atoms with E-state index in [2.05, 4.69) is 53.5 Å². The van der Waals surface area contributed by atoms with Gasteiger partial charge in [0.1, 0.15) is 5.75 Å². The van der Waals surface area contributed by atoms with Crippen LogP contribution in [0.3, 0.4) is 0 Å². The number of rotatable bonds is 5. The lowest BCUT2D eigenvalue weighted by Crippen LogP contribution is -1.93. The summed E-state index contributed by atoms with van der Waals surface area (Å²) in [5.41, 5.74) is 4.20. The first kappa shape index (κ1) is 18.9. The van der Waals surface area contributed by atoms with Crippen LogP contribution in [-0.4, -0.2) is 12.1 Å². The normalized spacial score (nSPS) is 11.0. The Bertz CT molecular complexity index is 1130. The highest BCUT2D eigenvalue weighted by atomic mass is 35.5. The van der Waals surface area contributed by atoms with Crippen LogP contribution in [0.15, 0.2) is 77.8 Å². The van der Waals surface area contributed by atoms with E-state index in [0.717, 1.165) is 39.1 Å². The van der Waals surface area contributed by atoms with Crippen molar-refractivity contribution in [1.29, 1.82) is 0 Å². The highest BCUT2D eigenvalue weighted by molar-refractivity contribution is 7.98. The Morgan fingerprint density at radius 2 is 1.82 bits per heavy atom. The fourth-order valence-electron chi connectivity index (χ4n) is 3.22. The number of benzene rings is 3. The zero-order chi connectivity index (χ0) is 19.5. The molecule has 0 bridgehead atoms. The Kier molecular flexibility index (Phi) is 5.56. The van der Waals surface area contributed by atoms with E-state index >= 15 is 0 Å². The van der Waals surface area contributed by atoms with E-state index in [0.29, 0.717) is 5.02 Å². The number of pyridine rings is 1. The van der Waals surface area contributed by atoms with Gasteiger partial charge in [-0.3, -0.25) is 4.98 Å². The van der Waals surface area contributed by atoms with Gasteiger partial charge in [-0.2, -0.15) is 0 Å². The molecule has 4 rings (SSSR count). The number of hydrogen-bond donors (Lipinski definition) is 0. The number of fused-ring (bicyclic) bond motifs is 1. The van der Waals surface area contributed by atoms with Gasteiger partial charge in [-0.25, -0.2) is 0 Å². The van der Waals surface area contributed by atoms with Crippen LogP contribution in [-0.2, 0) is 5.75 Å². The lowest BCUT2D eigenvalue weighted by molar-refractivity contribution is 0.416. The van der Waals surface area contributed by atoms with E-state index in [9.17, 15) is 0 Å². The van der Waals surface area contributed by atoms with E-state index in [1.165, 1.54) is 10.5 Å². The monoisotopic (exact) mass is 405 g/mol. The highest BCUT2D eigenvalue weighted by Gasteiger charge is 2.13. The average Bonchev–Trinajstić information content (AvgIpc) is 2.74. The number of thioether (sulfide) groups is 1. The maximum absolute atomic E-state index is 6.27. The lowest BCUT2D eigenvalue weighted by Gasteiger charge is -2.13. The summed E-state index contributed by atoms with van der Waals surface area (Å²) in [6.45, 7) is 1.99. The summed E-state index contributed by atoms with van der Waals surface area (Å²) in [4.78, 5) is 5.89. The highest BCUT2D eigenvalue weighted by Crippen LogP contribution is 2.37. The van der Waals surface area contributed by atoms with Crippen molar-refractivity contribution in [3.63, 3.8) is 0 Å². The third-order valence-electron chi connectivity index (χ3n) is 4.72. The molecule has 0 saturated carbocycles. The maximum Gasteiger partial charge on any atom is 0.129 e. The van der Waals surface area contributed by atoms with E-state index < -0.39 is 0 Å². The van der Waals surface area contributed by atoms with Crippen LogP contribution in [0.25, 0.3) is 22.0 Å². The van der Waals surface area contributed by atoms with Gasteiger partial charge in [0, 0.05) is 32.8 Å². The number of hydrogen-bond acceptors (Lipinski definition) is 3. The predicted molar refractivity (Wildman–Crippen MR) is 119 cm³/mol. The molecule has 0 saturated heterocycles. The van der Waals surface area contributed by atoms with E-state index in [1.54, 1.807) is 7.11 Å². The fourth-order valence-corrected chi connectivity index (χ4v) is 4.27. The van der Waals surface area contributed by atoms with Gasteiger partial charge < -0.3 is 4.74 Å². The summed E-state index contributed by atoms with van der Waals surface area (Å²) >= 11 is 8.11. The van der Waals surface area contributed by atoms with E-state index in [-0.39, 0.29) is 0 Å². The van der Waals surface area contributed by atoms with Crippen LogP contribution in [0.4, 0.5) is 0 Å². The topological polar surface area (TPSA) is 22.1 Å². The first-order chi connectivity index (χ1) is 13.7. The summed E-state index contributed by atoms with van der Waals surface area (Å²) in [6.07, 6.45) is 1.85. The standard InChI is InChI=1S/C24H20ClNOS/c1-16-12-21(23(27-2)14-22(16)25)24-20-9-8-19(13-18(20)10-11-26-24)28-15-17-6-4-3-5-7-17/h3-14H,15H2,1-2H3. The van der Waals surface area contributed by atoms with E-state index in [1.807, 2.05) is 43.1 Å². The summed E-state index contributed by atoms with van der Waals surface area (Å²) in [7, 11) is 1.66. The lowest BCUT2D eigenvalue weighted by atomic mass is 10.0. The van der Waals surface area contributed by atoms with Gasteiger partial charge in [-0.1, -0.05) is 48.0 Å². The second-order valence-corrected chi connectivity index (χ2v) is 8.07. The van der Waals surface area contributed by atoms with Crippen LogP contribution >= 0.6 is 23.4 Å². The quantitative estimate of drug-likeness (QED) is 0.329. The molecule has 1 aromatic heterocycles. The molecule has 28 heavy (non-hydrogen) atoms. The molecule has 0 aliphatic carbocycles. The summed E-state index contributed by atoms with van der Waals surface area (Å²) in [5, 5.41) is 2.96. The smallest absolute Gasteiger partial charge is 0.129 e. The minimum Gasteiger partial charge on any atom is -0.496 e. The number of methoxy groups -OCH3 is 1. The van der Waals surface area contributed by atoms with Crippen molar-refractivity contribution in [2.24, 2.45) is 0 Å². The fraction of sp³-hybridized carbons (Fsp3) is 0.125. The van der Waals surface area contributed by atoms with Crippen LogP contribution in [0, 0.1) is 6.92 Å². The van der Waals surface area contributed by atoms with Gasteiger partial charge in [-0.05, 0) is 53.8 Å². The van der Waals surface area contributed by atoms with Crippen LogP contribution < -0.4 is 4.74 Å². The Morgan fingerprint density at radius 3 is 2.61 bits per heavy atom. The average molecular weight is 406 g/mol.